The molecule has 2 aromatic heterocycles. The van der Waals surface area contributed by atoms with Crippen molar-refractivity contribution in [2.24, 2.45) is 0 Å². The number of anilines is 1. The molecule has 0 aliphatic heterocycles. The Balaban J connectivity index is 1.84. The van der Waals surface area contributed by atoms with Gasteiger partial charge in [-0.05, 0) is 37.3 Å². The summed E-state index contributed by atoms with van der Waals surface area (Å²) in [6, 6.07) is 5.22. The van der Waals surface area contributed by atoms with Crippen molar-refractivity contribution >= 4 is 23.2 Å². The molecule has 2 heterocycles. The number of carbonyl (C=O) groups excluding carboxylic acids is 1. The third kappa shape index (κ3) is 4.22. The zero-order chi connectivity index (χ0) is 20.5. The van der Waals surface area contributed by atoms with Crippen molar-refractivity contribution in [2.75, 3.05) is 5.73 Å². The van der Waals surface area contributed by atoms with Gasteiger partial charge in [-0.15, -0.1) is 0 Å². The third-order valence-corrected chi connectivity index (χ3v) is 4.00. The number of halogens is 4. The van der Waals surface area contributed by atoms with Crippen LogP contribution in [-0.2, 0) is 6.18 Å². The summed E-state index contributed by atoms with van der Waals surface area (Å²) in [4.78, 5) is 20.7. The van der Waals surface area contributed by atoms with Crippen molar-refractivity contribution in [3.8, 4) is 5.82 Å². The van der Waals surface area contributed by atoms with Gasteiger partial charge in [0.2, 0.25) is 0 Å². The molecule has 28 heavy (non-hydrogen) atoms. The number of amides is 1. The molecule has 0 aliphatic rings. The van der Waals surface area contributed by atoms with E-state index in [2.05, 4.69) is 20.4 Å². The monoisotopic (exact) mass is 410 g/mol. The minimum Gasteiger partial charge on any atom is -0.397 e. The second-order valence-electron chi connectivity index (χ2n) is 5.90. The quantitative estimate of drug-likeness (QED) is 0.686. The number of hydrogen-bond acceptors (Lipinski definition) is 5. The molecule has 1 amide bonds. The highest BCUT2D eigenvalue weighted by Crippen LogP contribution is 2.32. The molecule has 1 atom stereocenters. The van der Waals surface area contributed by atoms with Crippen molar-refractivity contribution in [3.05, 3.63) is 64.8 Å². The van der Waals surface area contributed by atoms with Crippen LogP contribution in [-0.4, -0.2) is 25.7 Å². The van der Waals surface area contributed by atoms with Gasteiger partial charge in [0.1, 0.15) is 6.33 Å². The Labute approximate surface area is 162 Å². The van der Waals surface area contributed by atoms with E-state index in [1.807, 2.05) is 0 Å². The number of nitrogens with one attached hydrogen (secondary N) is 1. The third-order valence-electron chi connectivity index (χ3n) is 3.78. The van der Waals surface area contributed by atoms with Gasteiger partial charge in [-0.1, -0.05) is 11.6 Å². The fourth-order valence-electron chi connectivity index (χ4n) is 2.47. The standard InChI is InChI=1S/C17H14ClF3N6O/c1-9(15-24-8-25-27(15)14-3-2-13(22)7-23-14)26-16(28)10-4-11(17(19,20)21)6-12(18)5-10/h2-9H,22H2,1H3,(H,26,28)/t9-/m0/s1. The molecular weight excluding hydrogens is 397 g/mol. The summed E-state index contributed by atoms with van der Waals surface area (Å²) in [5, 5.41) is 6.45. The highest BCUT2D eigenvalue weighted by molar-refractivity contribution is 6.31. The SMILES string of the molecule is C[C@H](NC(=O)c1cc(Cl)cc(C(F)(F)F)c1)c1ncnn1-c1ccc(N)cn1. The van der Waals surface area contributed by atoms with Gasteiger partial charge in [0, 0.05) is 10.6 Å². The van der Waals surface area contributed by atoms with Gasteiger partial charge in [-0.2, -0.15) is 23.0 Å². The maximum absolute atomic E-state index is 12.9. The molecule has 0 saturated carbocycles. The number of alkyl halides is 3. The molecule has 0 saturated heterocycles. The van der Waals surface area contributed by atoms with E-state index < -0.39 is 23.7 Å². The summed E-state index contributed by atoms with van der Waals surface area (Å²) in [5.41, 5.74) is 4.85. The van der Waals surface area contributed by atoms with Crippen molar-refractivity contribution in [1.29, 1.82) is 0 Å². The molecule has 3 N–H and O–H groups in total. The number of rotatable bonds is 4. The number of benzene rings is 1. The first kappa shape index (κ1) is 19.6. The second kappa shape index (κ2) is 7.47. The van der Waals surface area contributed by atoms with E-state index in [0.717, 1.165) is 18.2 Å². The molecule has 3 aromatic rings. The number of pyridine rings is 1. The lowest BCUT2D eigenvalue weighted by molar-refractivity contribution is -0.137. The average Bonchev–Trinajstić information content (AvgIpc) is 3.11. The molecule has 0 radical (unpaired) electrons. The van der Waals surface area contributed by atoms with Crippen molar-refractivity contribution in [3.63, 3.8) is 0 Å². The summed E-state index contributed by atoms with van der Waals surface area (Å²) in [6.07, 6.45) is -1.90. The van der Waals surface area contributed by atoms with Crippen LogP contribution in [0.5, 0.6) is 0 Å². The Bertz CT molecular complexity index is 1000. The van der Waals surface area contributed by atoms with Crippen LogP contribution in [0.1, 0.15) is 34.7 Å². The minimum atomic E-state index is -4.62. The Morgan fingerprint density at radius 3 is 2.64 bits per heavy atom. The molecule has 0 aliphatic carbocycles. The normalized spacial score (nSPS) is 12.6. The average molecular weight is 411 g/mol. The fraction of sp³-hybridized carbons (Fsp3) is 0.176. The first-order valence-corrected chi connectivity index (χ1v) is 8.33. The molecule has 3 rings (SSSR count). The van der Waals surface area contributed by atoms with Gasteiger partial charge in [-0.25, -0.2) is 9.97 Å². The highest BCUT2D eigenvalue weighted by atomic mass is 35.5. The smallest absolute Gasteiger partial charge is 0.397 e. The maximum atomic E-state index is 12.9. The van der Waals surface area contributed by atoms with Crippen LogP contribution < -0.4 is 11.1 Å². The first-order valence-electron chi connectivity index (χ1n) is 7.95. The molecule has 146 valence electrons. The second-order valence-corrected chi connectivity index (χ2v) is 6.34. The molecule has 0 spiro atoms. The Hall–Kier alpha value is -3.14. The van der Waals surface area contributed by atoms with Crippen molar-refractivity contribution in [2.45, 2.75) is 19.1 Å². The zero-order valence-electron chi connectivity index (χ0n) is 14.4. The summed E-state index contributed by atoms with van der Waals surface area (Å²) in [5.74, 6) is 0.0221. The van der Waals surface area contributed by atoms with E-state index in [-0.39, 0.29) is 10.6 Å². The van der Waals surface area contributed by atoms with Crippen molar-refractivity contribution < 1.29 is 18.0 Å². The molecule has 1 aromatic carbocycles. The molecule has 0 unspecified atom stereocenters. The molecule has 11 heteroatoms. The van der Waals surface area contributed by atoms with Gasteiger partial charge in [0.15, 0.2) is 11.6 Å². The number of nitrogens with zero attached hydrogens (tertiary/aromatic N) is 4. The predicted molar refractivity (Wildman–Crippen MR) is 95.9 cm³/mol. The molecule has 0 bridgehead atoms. The largest absolute Gasteiger partial charge is 0.416 e. The van der Waals surface area contributed by atoms with E-state index in [0.29, 0.717) is 17.3 Å². The molecule has 7 nitrogen and oxygen atoms in total. The lowest BCUT2D eigenvalue weighted by Gasteiger charge is -2.15. The van der Waals surface area contributed by atoms with E-state index in [4.69, 9.17) is 17.3 Å². The van der Waals surface area contributed by atoms with Crippen molar-refractivity contribution in [1.82, 2.24) is 25.1 Å². The molecule has 0 fully saturated rings. The van der Waals surface area contributed by atoms with Crippen LogP contribution in [0.25, 0.3) is 5.82 Å². The Morgan fingerprint density at radius 2 is 2.00 bits per heavy atom. The zero-order valence-corrected chi connectivity index (χ0v) is 15.2. The van der Waals surface area contributed by atoms with Crippen LogP contribution in [0.4, 0.5) is 18.9 Å². The fourth-order valence-corrected chi connectivity index (χ4v) is 2.71. The Kier molecular flexibility index (Phi) is 5.23. The van der Waals surface area contributed by atoms with Gasteiger partial charge in [0.25, 0.3) is 5.91 Å². The van der Waals surface area contributed by atoms with Crippen LogP contribution in [0.15, 0.2) is 42.9 Å². The van der Waals surface area contributed by atoms with E-state index >= 15 is 0 Å². The number of nitrogens with two attached hydrogens (primary N) is 1. The van der Waals surface area contributed by atoms with Crippen LogP contribution >= 0.6 is 11.6 Å². The van der Waals surface area contributed by atoms with Crippen LogP contribution in [0.2, 0.25) is 5.02 Å². The Morgan fingerprint density at radius 1 is 1.25 bits per heavy atom. The van der Waals surface area contributed by atoms with E-state index in [9.17, 15) is 18.0 Å². The topological polar surface area (TPSA) is 98.7 Å². The summed E-state index contributed by atoms with van der Waals surface area (Å²) < 4.78 is 40.2. The number of hydrogen-bond donors (Lipinski definition) is 2. The highest BCUT2D eigenvalue weighted by Gasteiger charge is 2.32. The van der Waals surface area contributed by atoms with Gasteiger partial charge in [0.05, 0.1) is 23.5 Å². The van der Waals surface area contributed by atoms with Crippen LogP contribution in [0, 0.1) is 0 Å². The minimum absolute atomic E-state index is 0.193. The van der Waals surface area contributed by atoms with Gasteiger partial charge < -0.3 is 11.1 Å². The van der Waals surface area contributed by atoms with E-state index in [1.54, 1.807) is 19.1 Å². The first-order chi connectivity index (χ1) is 13.1. The lowest BCUT2D eigenvalue weighted by atomic mass is 10.1. The summed E-state index contributed by atoms with van der Waals surface area (Å²) >= 11 is 5.73. The summed E-state index contributed by atoms with van der Waals surface area (Å²) in [6.45, 7) is 1.62. The number of carbonyl (C=O) groups is 1. The lowest BCUT2D eigenvalue weighted by Crippen LogP contribution is -2.29. The summed E-state index contributed by atoms with van der Waals surface area (Å²) in [7, 11) is 0. The maximum Gasteiger partial charge on any atom is 0.416 e. The number of aromatic nitrogens is 4. The van der Waals surface area contributed by atoms with Gasteiger partial charge in [-0.3, -0.25) is 4.79 Å². The van der Waals surface area contributed by atoms with Gasteiger partial charge >= 0.3 is 6.18 Å². The molecular formula is C17H14ClF3N6O. The van der Waals surface area contributed by atoms with Crippen LogP contribution in [0.3, 0.4) is 0 Å². The van der Waals surface area contributed by atoms with E-state index in [1.165, 1.54) is 17.2 Å². The number of nitrogen functional groups attached to an aromatic ring is 1. The predicted octanol–water partition coefficient (Wildman–Crippen LogP) is 3.41.